The molecule has 0 amide bonds. The normalized spacial score (nSPS) is 20.0. The molecule has 0 spiro atoms. The standard InChI is InChI=1S/C30H32N2O8S/c1-13(2)9-21(31)29(37)23-25(33)17-7-5-15(11-19(17)27(23)35)41(39,40)16-6-8-18-20(12-16)28(36)24(26(18)34)30(38)22(32)10-14(3)4/h5-8,11-14,21-24H,9-10,31-32H2,1-4H3/t21-,22-,23?,24?/m1/s1. The average Bonchev–Trinajstić information content (AvgIpc) is 3.30. The lowest BCUT2D eigenvalue weighted by molar-refractivity contribution is -0.122. The number of sulfone groups is 1. The van der Waals surface area contributed by atoms with E-state index in [0.29, 0.717) is 0 Å². The van der Waals surface area contributed by atoms with E-state index in [9.17, 15) is 37.2 Å². The first-order valence-corrected chi connectivity index (χ1v) is 14.8. The summed E-state index contributed by atoms with van der Waals surface area (Å²) in [6.07, 6.45) is 0.559. The van der Waals surface area contributed by atoms with Crippen LogP contribution in [0.3, 0.4) is 0 Å². The molecule has 216 valence electrons. The number of nitrogens with two attached hydrogens (primary N) is 2. The highest BCUT2D eigenvalue weighted by Gasteiger charge is 2.47. The van der Waals surface area contributed by atoms with Crippen LogP contribution in [0.15, 0.2) is 46.2 Å². The fourth-order valence-electron chi connectivity index (χ4n) is 5.41. The van der Waals surface area contributed by atoms with Crippen LogP contribution in [0.5, 0.6) is 0 Å². The number of carbonyl (C=O) groups excluding carboxylic acids is 6. The van der Waals surface area contributed by atoms with Crippen molar-refractivity contribution in [3.05, 3.63) is 58.7 Å². The molecule has 0 fully saturated rings. The van der Waals surface area contributed by atoms with Crippen LogP contribution < -0.4 is 11.5 Å². The highest BCUT2D eigenvalue weighted by Crippen LogP contribution is 2.35. The fraction of sp³-hybridized carbons (Fsp3) is 0.400. The van der Waals surface area contributed by atoms with Crippen molar-refractivity contribution in [2.24, 2.45) is 35.1 Å². The lowest BCUT2D eigenvalue weighted by Gasteiger charge is -2.15. The molecule has 0 radical (unpaired) electrons. The van der Waals surface area contributed by atoms with E-state index < -0.39 is 68.5 Å². The number of Topliss-reactive ketones (excluding diaryl/α,β-unsaturated/α-hetero) is 6. The van der Waals surface area contributed by atoms with Crippen molar-refractivity contribution in [2.45, 2.75) is 62.4 Å². The van der Waals surface area contributed by atoms with Gasteiger partial charge in [0.1, 0.15) is 11.8 Å². The Morgan fingerprint density at radius 1 is 0.634 bits per heavy atom. The van der Waals surface area contributed by atoms with E-state index in [4.69, 9.17) is 11.5 Å². The number of hydrogen-bond acceptors (Lipinski definition) is 10. The van der Waals surface area contributed by atoms with E-state index in [-0.39, 0.29) is 56.7 Å². The number of fused-ring (bicyclic) bond motifs is 2. The summed E-state index contributed by atoms with van der Waals surface area (Å²) in [5.41, 5.74) is 11.3. The van der Waals surface area contributed by atoms with Gasteiger partial charge in [0.05, 0.1) is 21.9 Å². The molecule has 11 heteroatoms. The smallest absolute Gasteiger partial charge is 0.206 e. The highest BCUT2D eigenvalue weighted by molar-refractivity contribution is 7.91. The van der Waals surface area contributed by atoms with E-state index in [1.165, 1.54) is 12.1 Å². The molecule has 0 aromatic heterocycles. The van der Waals surface area contributed by atoms with Crippen LogP contribution in [-0.2, 0) is 19.4 Å². The monoisotopic (exact) mass is 580 g/mol. The van der Waals surface area contributed by atoms with Crippen molar-refractivity contribution in [1.29, 1.82) is 0 Å². The van der Waals surface area contributed by atoms with Crippen molar-refractivity contribution in [1.82, 2.24) is 0 Å². The molecule has 2 aromatic carbocycles. The zero-order valence-corrected chi connectivity index (χ0v) is 24.0. The summed E-state index contributed by atoms with van der Waals surface area (Å²) in [6.45, 7) is 7.39. The quantitative estimate of drug-likeness (QED) is 0.395. The average molecular weight is 581 g/mol. The maximum Gasteiger partial charge on any atom is 0.206 e. The third-order valence-corrected chi connectivity index (χ3v) is 9.21. The SMILES string of the molecule is CC(C)C[C@@H](N)C(=O)C1C(=O)c2ccc(S(=O)(=O)c3ccc4c(c3)C(=O)C(C(=O)[C@H](N)CC(C)C)C4=O)cc2C1=O. The van der Waals surface area contributed by atoms with Gasteiger partial charge in [-0.05, 0) is 61.1 Å². The molecule has 0 aliphatic heterocycles. The minimum Gasteiger partial charge on any atom is -0.321 e. The van der Waals surface area contributed by atoms with Crippen LogP contribution in [-0.4, -0.2) is 55.2 Å². The Hall–Kier alpha value is -3.67. The van der Waals surface area contributed by atoms with Gasteiger partial charge in [-0.15, -0.1) is 0 Å². The largest absolute Gasteiger partial charge is 0.321 e. The molecule has 41 heavy (non-hydrogen) atoms. The molecule has 0 saturated carbocycles. The third-order valence-electron chi connectivity index (χ3n) is 7.46. The first-order chi connectivity index (χ1) is 19.1. The van der Waals surface area contributed by atoms with Gasteiger partial charge in [0.25, 0.3) is 0 Å². The summed E-state index contributed by atoms with van der Waals surface area (Å²) in [7, 11) is -4.35. The molecule has 2 aliphatic carbocycles. The summed E-state index contributed by atoms with van der Waals surface area (Å²) >= 11 is 0. The maximum absolute atomic E-state index is 13.5. The van der Waals surface area contributed by atoms with Gasteiger partial charge in [-0.25, -0.2) is 8.42 Å². The van der Waals surface area contributed by atoms with Crippen LogP contribution in [0, 0.1) is 23.7 Å². The molecule has 0 heterocycles. The van der Waals surface area contributed by atoms with Crippen LogP contribution in [0.25, 0.3) is 0 Å². The summed E-state index contributed by atoms with van der Waals surface area (Å²) in [5.74, 6) is -7.67. The second-order valence-corrected chi connectivity index (χ2v) is 13.5. The molecular weight excluding hydrogens is 548 g/mol. The third kappa shape index (κ3) is 5.25. The van der Waals surface area contributed by atoms with Crippen molar-refractivity contribution in [2.75, 3.05) is 0 Å². The summed E-state index contributed by atoms with van der Waals surface area (Å²) in [5, 5.41) is 0. The van der Waals surface area contributed by atoms with Crippen molar-refractivity contribution in [3.63, 3.8) is 0 Å². The summed E-state index contributed by atoms with van der Waals surface area (Å²) < 4.78 is 27.1. The van der Waals surface area contributed by atoms with Gasteiger partial charge in [-0.3, -0.25) is 28.8 Å². The Labute approximate surface area is 237 Å². The second kappa shape index (κ2) is 11.0. The predicted molar refractivity (Wildman–Crippen MR) is 148 cm³/mol. The van der Waals surface area contributed by atoms with Crippen LogP contribution in [0.1, 0.15) is 82.0 Å². The number of ketones is 6. The van der Waals surface area contributed by atoms with Gasteiger partial charge < -0.3 is 11.5 Å². The Balaban J connectivity index is 1.65. The van der Waals surface area contributed by atoms with Gasteiger partial charge in [0, 0.05) is 22.3 Å². The first-order valence-electron chi connectivity index (χ1n) is 13.4. The van der Waals surface area contributed by atoms with Crippen molar-refractivity contribution < 1.29 is 37.2 Å². The molecule has 4 atom stereocenters. The van der Waals surface area contributed by atoms with Crippen LogP contribution in [0.2, 0.25) is 0 Å². The Morgan fingerprint density at radius 3 is 1.27 bits per heavy atom. The topological polar surface area (TPSA) is 189 Å². The second-order valence-electron chi connectivity index (χ2n) is 11.5. The lowest BCUT2D eigenvalue weighted by atomic mass is 9.90. The van der Waals surface area contributed by atoms with Gasteiger partial charge >= 0.3 is 0 Å². The van der Waals surface area contributed by atoms with Crippen LogP contribution >= 0.6 is 0 Å². The predicted octanol–water partition coefficient (Wildman–Crippen LogP) is 2.39. The minimum absolute atomic E-state index is 0.0550. The number of benzene rings is 2. The van der Waals surface area contributed by atoms with Crippen molar-refractivity contribution >= 4 is 44.5 Å². The number of rotatable bonds is 10. The summed E-state index contributed by atoms with van der Waals surface area (Å²) in [6, 6.07) is 4.65. The molecule has 10 nitrogen and oxygen atoms in total. The minimum atomic E-state index is -4.35. The van der Waals surface area contributed by atoms with Gasteiger partial charge in [-0.1, -0.05) is 27.7 Å². The molecule has 4 N–H and O–H groups in total. The molecule has 0 saturated heterocycles. The Kier molecular flexibility index (Phi) is 8.10. The highest BCUT2D eigenvalue weighted by atomic mass is 32.2. The van der Waals surface area contributed by atoms with Gasteiger partial charge in [0.15, 0.2) is 34.7 Å². The first kappa shape index (κ1) is 30.3. The molecule has 2 aromatic rings. The molecule has 0 bridgehead atoms. The summed E-state index contributed by atoms with van der Waals surface area (Å²) in [4.78, 5) is 77.0. The molecule has 4 rings (SSSR count). The van der Waals surface area contributed by atoms with E-state index in [1.54, 1.807) is 0 Å². The lowest BCUT2D eigenvalue weighted by Crippen LogP contribution is -2.40. The Bertz CT molecular complexity index is 1510. The number of carbonyl (C=O) groups is 6. The zero-order chi connectivity index (χ0) is 30.5. The van der Waals surface area contributed by atoms with Gasteiger partial charge in [0.2, 0.25) is 9.84 Å². The van der Waals surface area contributed by atoms with Gasteiger partial charge in [-0.2, -0.15) is 0 Å². The van der Waals surface area contributed by atoms with E-state index in [1.807, 2.05) is 27.7 Å². The number of hydrogen-bond donors (Lipinski definition) is 2. The van der Waals surface area contributed by atoms with Crippen LogP contribution in [0.4, 0.5) is 0 Å². The maximum atomic E-state index is 13.5. The fourth-order valence-corrected chi connectivity index (χ4v) is 6.72. The van der Waals surface area contributed by atoms with E-state index in [2.05, 4.69) is 0 Å². The zero-order valence-electron chi connectivity index (χ0n) is 23.2. The van der Waals surface area contributed by atoms with E-state index >= 15 is 0 Å². The molecule has 2 unspecified atom stereocenters. The van der Waals surface area contributed by atoms with Crippen molar-refractivity contribution in [3.8, 4) is 0 Å². The molecular formula is C30H32N2O8S. The molecule has 2 aliphatic rings. The van der Waals surface area contributed by atoms with E-state index in [0.717, 1.165) is 24.3 Å². The Morgan fingerprint density at radius 2 is 0.951 bits per heavy atom.